The van der Waals surface area contributed by atoms with Crippen LogP contribution in [0.5, 0.6) is 5.75 Å². The lowest BCUT2D eigenvalue weighted by Gasteiger charge is -2.63. The molecule has 3 aliphatic rings. The van der Waals surface area contributed by atoms with Crippen molar-refractivity contribution in [3.05, 3.63) is 64.2 Å². The molecule has 2 aromatic carbocycles. The zero-order valence-electron chi connectivity index (χ0n) is 23.6. The Morgan fingerprint density at radius 3 is 2.26 bits per heavy atom. The molecule has 7 heteroatoms. The van der Waals surface area contributed by atoms with Gasteiger partial charge in [-0.05, 0) is 61.4 Å². The van der Waals surface area contributed by atoms with Crippen LogP contribution < -0.4 is 15.4 Å². The van der Waals surface area contributed by atoms with E-state index in [1.807, 2.05) is 12.1 Å². The molecule has 2 saturated carbocycles. The van der Waals surface area contributed by atoms with Crippen LogP contribution >= 0.6 is 11.6 Å². The average Bonchev–Trinajstić information content (AvgIpc) is 2.95. The van der Waals surface area contributed by atoms with Crippen LogP contribution in [0.2, 0.25) is 5.02 Å². The molecule has 0 atom stereocenters. The van der Waals surface area contributed by atoms with E-state index in [0.717, 1.165) is 19.1 Å². The molecular formula is C32H41ClN4O2. The number of piperazine rings is 1. The van der Waals surface area contributed by atoms with Gasteiger partial charge in [0.25, 0.3) is 5.91 Å². The predicted octanol–water partition coefficient (Wildman–Crippen LogP) is 5.76. The molecule has 0 aromatic heterocycles. The van der Waals surface area contributed by atoms with Crippen molar-refractivity contribution in [2.24, 2.45) is 10.8 Å². The number of rotatable bonds is 6. The van der Waals surface area contributed by atoms with E-state index in [1.165, 1.54) is 44.3 Å². The van der Waals surface area contributed by atoms with Crippen molar-refractivity contribution >= 4 is 17.5 Å². The first-order chi connectivity index (χ1) is 18.6. The Morgan fingerprint density at radius 2 is 1.67 bits per heavy atom. The molecule has 3 fully saturated rings. The highest BCUT2D eigenvalue weighted by atomic mass is 35.5. The number of amides is 1. The monoisotopic (exact) mass is 548 g/mol. The van der Waals surface area contributed by atoms with Gasteiger partial charge in [-0.25, -0.2) is 0 Å². The fraction of sp³-hybridized carbons (Fsp3) is 0.562. The Kier molecular flexibility index (Phi) is 7.97. The number of hydrogen-bond donors (Lipinski definition) is 2. The lowest BCUT2D eigenvalue weighted by molar-refractivity contribution is -0.164. The molecule has 1 heterocycles. The standard InChI is InChI=1S/C32H41ClN4O2/c1-31(2)29(32(3,4)30(31)39-26-14-11-24(20-34)27(33)19-26)36-28(38)23-7-5-21(6-8-23)22-9-12-25(13-10-22)37-17-15-35-16-18-37/h5-8,11,14,19,22,25,29-30,35H,9-10,12-13,15-18H2,1-4H3,(H,36,38)/t22?,25?,29-,30-. The number of carbonyl (C=O) groups excluding carboxylic acids is 1. The normalized spacial score (nSPS) is 28.1. The van der Waals surface area contributed by atoms with Crippen LogP contribution in [0.25, 0.3) is 0 Å². The van der Waals surface area contributed by atoms with E-state index in [4.69, 9.17) is 21.6 Å². The van der Waals surface area contributed by atoms with Gasteiger partial charge >= 0.3 is 0 Å². The molecule has 1 amide bonds. The summed E-state index contributed by atoms with van der Waals surface area (Å²) in [6.07, 6.45) is 4.83. The summed E-state index contributed by atoms with van der Waals surface area (Å²) in [4.78, 5) is 16.0. The second kappa shape index (κ2) is 11.1. The van der Waals surface area contributed by atoms with Gasteiger partial charge in [-0.15, -0.1) is 0 Å². The van der Waals surface area contributed by atoms with Crippen molar-refractivity contribution in [3.63, 3.8) is 0 Å². The number of benzene rings is 2. The summed E-state index contributed by atoms with van der Waals surface area (Å²) in [6.45, 7) is 13.1. The molecule has 1 saturated heterocycles. The second-order valence-corrected chi connectivity index (χ2v) is 13.1. The minimum atomic E-state index is -0.289. The lowest BCUT2D eigenvalue weighted by atomic mass is 9.49. The summed E-state index contributed by atoms with van der Waals surface area (Å²) in [6, 6.07) is 16.2. The Hall–Kier alpha value is -2.59. The van der Waals surface area contributed by atoms with Gasteiger partial charge < -0.3 is 15.4 Å². The molecule has 6 nitrogen and oxygen atoms in total. The minimum Gasteiger partial charge on any atom is -0.489 e. The van der Waals surface area contributed by atoms with Gasteiger partial charge in [-0.2, -0.15) is 5.26 Å². The summed E-state index contributed by atoms with van der Waals surface area (Å²) in [7, 11) is 0. The third-order valence-corrected chi connectivity index (χ3v) is 9.75. The van der Waals surface area contributed by atoms with Crippen molar-refractivity contribution in [1.29, 1.82) is 5.26 Å². The lowest BCUT2D eigenvalue weighted by Crippen LogP contribution is -2.74. The zero-order chi connectivity index (χ0) is 27.8. The van der Waals surface area contributed by atoms with E-state index in [2.05, 4.69) is 61.4 Å². The minimum absolute atomic E-state index is 0.0463. The molecule has 2 aromatic rings. The second-order valence-electron chi connectivity index (χ2n) is 12.7. The summed E-state index contributed by atoms with van der Waals surface area (Å²) >= 11 is 6.22. The van der Waals surface area contributed by atoms with E-state index in [1.54, 1.807) is 18.2 Å². The Morgan fingerprint density at radius 1 is 1.03 bits per heavy atom. The largest absolute Gasteiger partial charge is 0.489 e. The molecule has 0 radical (unpaired) electrons. The summed E-state index contributed by atoms with van der Waals surface area (Å²) < 4.78 is 6.36. The van der Waals surface area contributed by atoms with Crippen molar-refractivity contribution in [2.45, 2.75) is 77.5 Å². The highest BCUT2D eigenvalue weighted by molar-refractivity contribution is 6.31. The number of ether oxygens (including phenoxy) is 1. The molecule has 0 unspecified atom stereocenters. The molecule has 1 aliphatic heterocycles. The number of nitriles is 1. The van der Waals surface area contributed by atoms with E-state index < -0.39 is 0 Å². The van der Waals surface area contributed by atoms with Crippen molar-refractivity contribution in [3.8, 4) is 11.8 Å². The summed E-state index contributed by atoms with van der Waals surface area (Å²) in [5.74, 6) is 1.17. The summed E-state index contributed by atoms with van der Waals surface area (Å²) in [5.41, 5.74) is 1.90. The smallest absolute Gasteiger partial charge is 0.251 e. The fourth-order valence-electron chi connectivity index (χ4n) is 7.54. The molecule has 0 bridgehead atoms. The van der Waals surface area contributed by atoms with Crippen LogP contribution in [0.15, 0.2) is 42.5 Å². The van der Waals surface area contributed by atoms with E-state index >= 15 is 0 Å². The molecule has 5 rings (SSSR count). The van der Waals surface area contributed by atoms with Crippen molar-refractivity contribution in [1.82, 2.24) is 15.5 Å². The quantitative estimate of drug-likeness (QED) is 0.480. The maximum Gasteiger partial charge on any atom is 0.251 e. The average molecular weight is 549 g/mol. The number of halogens is 1. The Labute approximate surface area is 238 Å². The predicted molar refractivity (Wildman–Crippen MR) is 155 cm³/mol. The van der Waals surface area contributed by atoms with Gasteiger partial charge in [0.2, 0.25) is 0 Å². The number of nitrogens with one attached hydrogen (secondary N) is 2. The van der Waals surface area contributed by atoms with Crippen LogP contribution in [0, 0.1) is 22.2 Å². The Balaban J connectivity index is 1.18. The Bertz CT molecular complexity index is 1210. The SMILES string of the molecule is CC1(C)[C@H](NC(=O)c2ccc(C3CCC(N4CCNCC4)CC3)cc2)C(C)(C)[C@H]1Oc1ccc(C#N)c(Cl)c1. The maximum absolute atomic E-state index is 13.3. The highest BCUT2D eigenvalue weighted by Gasteiger charge is 2.64. The molecule has 39 heavy (non-hydrogen) atoms. The van der Waals surface area contributed by atoms with E-state index in [9.17, 15) is 4.79 Å². The van der Waals surface area contributed by atoms with Crippen LogP contribution in [0.1, 0.15) is 80.8 Å². The van der Waals surface area contributed by atoms with E-state index in [0.29, 0.717) is 27.8 Å². The van der Waals surface area contributed by atoms with Gasteiger partial charge in [0.05, 0.1) is 10.6 Å². The third kappa shape index (κ3) is 5.55. The van der Waals surface area contributed by atoms with Crippen LogP contribution in [-0.2, 0) is 0 Å². The number of carbonyl (C=O) groups is 1. The van der Waals surface area contributed by atoms with Crippen molar-refractivity contribution in [2.75, 3.05) is 26.2 Å². The highest BCUT2D eigenvalue weighted by Crippen LogP contribution is 2.55. The van der Waals surface area contributed by atoms with Gasteiger partial charge in [-0.3, -0.25) is 9.69 Å². The first-order valence-corrected chi connectivity index (χ1v) is 14.7. The van der Waals surface area contributed by atoms with Crippen LogP contribution in [-0.4, -0.2) is 55.2 Å². The maximum atomic E-state index is 13.3. The van der Waals surface area contributed by atoms with E-state index in [-0.39, 0.29) is 28.9 Å². The van der Waals surface area contributed by atoms with Gasteiger partial charge in [0.15, 0.2) is 0 Å². The van der Waals surface area contributed by atoms with Gasteiger partial charge in [0, 0.05) is 60.7 Å². The topological polar surface area (TPSA) is 77.4 Å². The zero-order valence-corrected chi connectivity index (χ0v) is 24.4. The van der Waals surface area contributed by atoms with Crippen molar-refractivity contribution < 1.29 is 9.53 Å². The first kappa shape index (κ1) is 28.0. The molecule has 0 spiro atoms. The van der Waals surface area contributed by atoms with Crippen LogP contribution in [0.3, 0.4) is 0 Å². The number of hydrogen-bond acceptors (Lipinski definition) is 5. The third-order valence-electron chi connectivity index (χ3n) is 9.44. The molecule has 2 aliphatic carbocycles. The fourth-order valence-corrected chi connectivity index (χ4v) is 7.75. The summed E-state index contributed by atoms with van der Waals surface area (Å²) in [5, 5.41) is 16.3. The molecular weight excluding hydrogens is 508 g/mol. The molecule has 2 N–H and O–H groups in total. The number of nitrogens with zero attached hydrogens (tertiary/aromatic N) is 2. The van der Waals surface area contributed by atoms with Gasteiger partial charge in [-0.1, -0.05) is 51.4 Å². The van der Waals surface area contributed by atoms with Gasteiger partial charge in [0.1, 0.15) is 17.9 Å². The van der Waals surface area contributed by atoms with Crippen LogP contribution in [0.4, 0.5) is 0 Å². The molecule has 208 valence electrons. The first-order valence-electron chi connectivity index (χ1n) is 14.3.